The maximum Gasteiger partial charge on any atom is 0.193 e. The van der Waals surface area contributed by atoms with E-state index in [-0.39, 0.29) is 24.0 Å². The number of aliphatic imine (C=N–C) groups is 1. The van der Waals surface area contributed by atoms with E-state index in [1.165, 1.54) is 51.6 Å². The van der Waals surface area contributed by atoms with Crippen molar-refractivity contribution >= 4 is 29.9 Å². The molecule has 1 unspecified atom stereocenters. The molecule has 0 aromatic carbocycles. The van der Waals surface area contributed by atoms with Gasteiger partial charge >= 0.3 is 0 Å². The van der Waals surface area contributed by atoms with Crippen molar-refractivity contribution in [3.63, 3.8) is 0 Å². The van der Waals surface area contributed by atoms with Crippen molar-refractivity contribution in [2.24, 2.45) is 16.8 Å². The number of nitrogens with zero attached hydrogens (tertiary/aromatic N) is 3. The molecule has 0 aromatic rings. The third-order valence-electron chi connectivity index (χ3n) is 5.68. The Kier molecular flexibility index (Phi) is 12.1. The first kappa shape index (κ1) is 24.0. The van der Waals surface area contributed by atoms with Crippen LogP contribution in [0.5, 0.6) is 0 Å². The highest BCUT2D eigenvalue weighted by Crippen LogP contribution is 2.19. The minimum Gasteiger partial charge on any atom is -0.381 e. The number of hydrogen-bond donors (Lipinski definition) is 1. The molecule has 6 heteroatoms. The first-order chi connectivity index (χ1) is 12.1. The number of nitrogens with one attached hydrogen (secondary N) is 1. The van der Waals surface area contributed by atoms with Crippen LogP contribution < -0.4 is 5.32 Å². The molecule has 2 saturated heterocycles. The van der Waals surface area contributed by atoms with Crippen molar-refractivity contribution in [3.8, 4) is 0 Å². The second-order valence-electron chi connectivity index (χ2n) is 8.22. The van der Waals surface area contributed by atoms with E-state index in [9.17, 15) is 0 Å². The molecule has 2 heterocycles. The van der Waals surface area contributed by atoms with Crippen LogP contribution in [0.3, 0.4) is 0 Å². The SMILES string of the molecule is CN=C(NCC(CC(C)C)N1CCCC1)N(C)CCC1CCOCC1.I. The van der Waals surface area contributed by atoms with Crippen LogP contribution in [0.4, 0.5) is 0 Å². The molecule has 2 rings (SSSR count). The largest absolute Gasteiger partial charge is 0.381 e. The van der Waals surface area contributed by atoms with E-state index in [1.54, 1.807) is 0 Å². The van der Waals surface area contributed by atoms with Crippen molar-refractivity contribution in [2.45, 2.75) is 58.4 Å². The normalized spacial score (nSPS) is 20.9. The van der Waals surface area contributed by atoms with Gasteiger partial charge in [-0.05, 0) is 63.5 Å². The van der Waals surface area contributed by atoms with Gasteiger partial charge in [0.2, 0.25) is 0 Å². The Morgan fingerprint density at radius 2 is 1.88 bits per heavy atom. The molecule has 2 aliphatic heterocycles. The fourth-order valence-corrected chi connectivity index (χ4v) is 4.12. The maximum atomic E-state index is 5.47. The zero-order chi connectivity index (χ0) is 18.1. The summed E-state index contributed by atoms with van der Waals surface area (Å²) >= 11 is 0. The molecule has 1 N–H and O–H groups in total. The van der Waals surface area contributed by atoms with Crippen molar-refractivity contribution in [1.29, 1.82) is 0 Å². The second-order valence-corrected chi connectivity index (χ2v) is 8.22. The summed E-state index contributed by atoms with van der Waals surface area (Å²) in [5.41, 5.74) is 0. The Morgan fingerprint density at radius 1 is 1.23 bits per heavy atom. The Hall–Kier alpha value is -0.0800. The predicted octanol–water partition coefficient (Wildman–Crippen LogP) is 3.44. The first-order valence-electron chi connectivity index (χ1n) is 10.3. The highest BCUT2D eigenvalue weighted by molar-refractivity contribution is 14.0. The number of rotatable bonds is 8. The quantitative estimate of drug-likeness (QED) is 0.328. The minimum atomic E-state index is 0. The Bertz CT molecular complexity index is 393. The van der Waals surface area contributed by atoms with Gasteiger partial charge in [0.15, 0.2) is 5.96 Å². The summed E-state index contributed by atoms with van der Waals surface area (Å²) < 4.78 is 5.47. The minimum absolute atomic E-state index is 0. The second kappa shape index (κ2) is 13.2. The molecule has 0 spiro atoms. The van der Waals surface area contributed by atoms with Gasteiger partial charge in [0.1, 0.15) is 0 Å². The van der Waals surface area contributed by atoms with Crippen LogP contribution in [0.15, 0.2) is 4.99 Å². The van der Waals surface area contributed by atoms with Crippen LogP contribution in [0.2, 0.25) is 0 Å². The van der Waals surface area contributed by atoms with E-state index >= 15 is 0 Å². The summed E-state index contributed by atoms with van der Waals surface area (Å²) in [6.45, 7) is 11.1. The molecule has 5 nitrogen and oxygen atoms in total. The first-order valence-corrected chi connectivity index (χ1v) is 10.3. The summed E-state index contributed by atoms with van der Waals surface area (Å²) in [4.78, 5) is 9.48. The average molecular weight is 480 g/mol. The van der Waals surface area contributed by atoms with Gasteiger partial charge in [0.25, 0.3) is 0 Å². The lowest BCUT2D eigenvalue weighted by Crippen LogP contribution is -2.47. The highest BCUT2D eigenvalue weighted by atomic mass is 127. The standard InChI is InChI=1S/C20H40N4O.HI/c1-17(2)15-19(24-10-5-6-11-24)16-22-20(21-3)23(4)12-7-18-8-13-25-14-9-18;/h17-19H,5-16H2,1-4H3,(H,21,22);1H. The van der Waals surface area contributed by atoms with Gasteiger partial charge in [-0.3, -0.25) is 9.89 Å². The number of likely N-dealkylation sites (tertiary alicyclic amines) is 1. The van der Waals surface area contributed by atoms with Gasteiger partial charge in [-0.25, -0.2) is 0 Å². The highest BCUT2D eigenvalue weighted by Gasteiger charge is 2.23. The molecule has 0 amide bonds. The molecule has 26 heavy (non-hydrogen) atoms. The smallest absolute Gasteiger partial charge is 0.193 e. The predicted molar refractivity (Wildman–Crippen MR) is 122 cm³/mol. The Balaban J connectivity index is 0.00000338. The molecule has 0 saturated carbocycles. The topological polar surface area (TPSA) is 40.1 Å². The zero-order valence-electron chi connectivity index (χ0n) is 17.4. The molecule has 1 atom stereocenters. The molecule has 0 bridgehead atoms. The van der Waals surface area contributed by atoms with Crippen molar-refractivity contribution in [1.82, 2.24) is 15.1 Å². The van der Waals surface area contributed by atoms with Gasteiger partial charge in [-0.2, -0.15) is 0 Å². The van der Waals surface area contributed by atoms with Gasteiger partial charge in [-0.1, -0.05) is 13.8 Å². The lowest BCUT2D eigenvalue weighted by molar-refractivity contribution is 0.0625. The van der Waals surface area contributed by atoms with E-state index in [1.807, 2.05) is 7.05 Å². The third kappa shape index (κ3) is 8.30. The monoisotopic (exact) mass is 480 g/mol. The Labute approximate surface area is 178 Å². The number of halogens is 1. The van der Waals surface area contributed by atoms with Gasteiger partial charge in [-0.15, -0.1) is 24.0 Å². The summed E-state index contributed by atoms with van der Waals surface area (Å²) in [5.74, 6) is 2.59. The van der Waals surface area contributed by atoms with E-state index in [0.717, 1.165) is 44.1 Å². The molecule has 0 aliphatic carbocycles. The lowest BCUT2D eigenvalue weighted by atomic mass is 9.96. The molecule has 2 fully saturated rings. The molecule has 0 aromatic heterocycles. The summed E-state index contributed by atoms with van der Waals surface area (Å²) in [6, 6.07) is 0.628. The van der Waals surface area contributed by atoms with Crippen LogP contribution in [-0.2, 0) is 4.74 Å². The summed E-state index contributed by atoms with van der Waals surface area (Å²) in [6.07, 6.45) is 7.64. The van der Waals surface area contributed by atoms with Crippen LogP contribution >= 0.6 is 24.0 Å². The average Bonchev–Trinajstić information content (AvgIpc) is 3.14. The van der Waals surface area contributed by atoms with E-state index < -0.39 is 0 Å². The van der Waals surface area contributed by atoms with Crippen LogP contribution in [-0.4, -0.2) is 75.3 Å². The van der Waals surface area contributed by atoms with Crippen LogP contribution in [0, 0.1) is 11.8 Å². The summed E-state index contributed by atoms with van der Waals surface area (Å²) in [5, 5.41) is 3.65. The lowest BCUT2D eigenvalue weighted by Gasteiger charge is -2.31. The molecular formula is C20H41IN4O. The molecule has 154 valence electrons. The van der Waals surface area contributed by atoms with Crippen molar-refractivity contribution in [2.75, 3.05) is 53.5 Å². The van der Waals surface area contributed by atoms with E-state index in [0.29, 0.717) is 6.04 Å². The molecule has 0 radical (unpaired) electrons. The van der Waals surface area contributed by atoms with Crippen molar-refractivity contribution in [3.05, 3.63) is 0 Å². The van der Waals surface area contributed by atoms with E-state index in [2.05, 4.69) is 41.0 Å². The van der Waals surface area contributed by atoms with Crippen molar-refractivity contribution < 1.29 is 4.74 Å². The number of hydrogen-bond acceptors (Lipinski definition) is 3. The fourth-order valence-electron chi connectivity index (χ4n) is 4.12. The van der Waals surface area contributed by atoms with Gasteiger partial charge < -0.3 is 15.0 Å². The molecule has 2 aliphatic rings. The Morgan fingerprint density at radius 3 is 2.46 bits per heavy atom. The van der Waals surface area contributed by atoms with Crippen LogP contribution in [0.1, 0.15) is 52.4 Å². The van der Waals surface area contributed by atoms with Gasteiger partial charge in [0, 0.05) is 46.4 Å². The van der Waals surface area contributed by atoms with Crippen LogP contribution in [0.25, 0.3) is 0 Å². The third-order valence-corrected chi connectivity index (χ3v) is 5.68. The van der Waals surface area contributed by atoms with Gasteiger partial charge in [0.05, 0.1) is 0 Å². The zero-order valence-corrected chi connectivity index (χ0v) is 19.7. The van der Waals surface area contributed by atoms with E-state index in [4.69, 9.17) is 4.74 Å². The summed E-state index contributed by atoms with van der Waals surface area (Å²) in [7, 11) is 4.07. The maximum absolute atomic E-state index is 5.47. The fraction of sp³-hybridized carbons (Fsp3) is 0.950. The molecular weight excluding hydrogens is 439 g/mol. The number of guanidine groups is 1. The number of ether oxygens (including phenoxy) is 1.